The SMILES string of the molecule is C[C@H]1[C@H](C)S(=O)(=O)CCN1C(=O)NCCCCC(C)(C)C. The molecule has 2 atom stereocenters. The molecule has 0 spiro atoms. The topological polar surface area (TPSA) is 66.5 Å². The molecule has 5 nitrogen and oxygen atoms in total. The minimum Gasteiger partial charge on any atom is -0.338 e. The molecule has 1 N–H and O–H groups in total. The fraction of sp³-hybridized carbons (Fsp3) is 0.933. The lowest BCUT2D eigenvalue weighted by Crippen LogP contribution is -2.56. The number of nitrogens with one attached hydrogen (secondary N) is 1. The maximum Gasteiger partial charge on any atom is 0.317 e. The van der Waals surface area contributed by atoms with Crippen molar-refractivity contribution in [3.8, 4) is 0 Å². The van der Waals surface area contributed by atoms with Gasteiger partial charge in [0.15, 0.2) is 9.84 Å². The summed E-state index contributed by atoms with van der Waals surface area (Å²) in [6.45, 7) is 11.1. The predicted octanol–water partition coefficient (Wildman–Crippen LogP) is 2.42. The van der Waals surface area contributed by atoms with Crippen LogP contribution in [0.15, 0.2) is 0 Å². The first-order valence-corrected chi connectivity index (χ1v) is 9.52. The predicted molar refractivity (Wildman–Crippen MR) is 86.1 cm³/mol. The Morgan fingerprint density at radius 1 is 1.24 bits per heavy atom. The van der Waals surface area contributed by atoms with Crippen molar-refractivity contribution in [3.05, 3.63) is 0 Å². The Hall–Kier alpha value is -0.780. The van der Waals surface area contributed by atoms with E-state index in [4.69, 9.17) is 0 Å². The molecule has 0 saturated carbocycles. The lowest BCUT2D eigenvalue weighted by atomic mass is 9.90. The van der Waals surface area contributed by atoms with Gasteiger partial charge < -0.3 is 10.2 Å². The first-order valence-electron chi connectivity index (χ1n) is 7.81. The average molecular weight is 318 g/mol. The van der Waals surface area contributed by atoms with Crippen LogP contribution in [0.4, 0.5) is 4.79 Å². The van der Waals surface area contributed by atoms with Crippen LogP contribution in [0.1, 0.15) is 53.9 Å². The summed E-state index contributed by atoms with van der Waals surface area (Å²) in [6.07, 6.45) is 3.18. The first kappa shape index (κ1) is 18.3. The zero-order valence-corrected chi connectivity index (χ0v) is 14.8. The minimum atomic E-state index is -3.04. The second-order valence-corrected chi connectivity index (χ2v) is 9.73. The Bertz CT molecular complexity index is 454. The van der Waals surface area contributed by atoms with Crippen molar-refractivity contribution in [1.29, 1.82) is 0 Å². The van der Waals surface area contributed by atoms with Crippen molar-refractivity contribution < 1.29 is 13.2 Å². The van der Waals surface area contributed by atoms with Gasteiger partial charge >= 0.3 is 6.03 Å². The molecule has 0 bridgehead atoms. The van der Waals surface area contributed by atoms with E-state index in [1.165, 1.54) is 0 Å². The molecule has 0 unspecified atom stereocenters. The molecule has 0 aromatic rings. The first-order chi connectivity index (χ1) is 9.54. The zero-order chi connectivity index (χ0) is 16.3. The summed E-state index contributed by atoms with van der Waals surface area (Å²) < 4.78 is 23.6. The number of hydrogen-bond acceptors (Lipinski definition) is 3. The highest BCUT2D eigenvalue weighted by molar-refractivity contribution is 7.92. The van der Waals surface area contributed by atoms with E-state index < -0.39 is 15.1 Å². The largest absolute Gasteiger partial charge is 0.338 e. The van der Waals surface area contributed by atoms with E-state index in [1.54, 1.807) is 18.7 Å². The Labute approximate surface area is 129 Å². The highest BCUT2D eigenvalue weighted by Gasteiger charge is 2.37. The smallest absolute Gasteiger partial charge is 0.317 e. The molecule has 1 aliphatic heterocycles. The van der Waals surface area contributed by atoms with Gasteiger partial charge in [0.05, 0.1) is 11.0 Å². The van der Waals surface area contributed by atoms with Gasteiger partial charge in [0.2, 0.25) is 0 Å². The molecule has 2 amide bonds. The van der Waals surface area contributed by atoms with Gasteiger partial charge in [0, 0.05) is 19.1 Å². The molecule has 6 heteroatoms. The van der Waals surface area contributed by atoms with E-state index in [0.717, 1.165) is 19.3 Å². The van der Waals surface area contributed by atoms with Crippen molar-refractivity contribution in [3.63, 3.8) is 0 Å². The van der Waals surface area contributed by atoms with E-state index in [2.05, 4.69) is 26.1 Å². The minimum absolute atomic E-state index is 0.0654. The summed E-state index contributed by atoms with van der Waals surface area (Å²) in [5.41, 5.74) is 0.329. The summed E-state index contributed by atoms with van der Waals surface area (Å²) in [5, 5.41) is 2.42. The zero-order valence-electron chi connectivity index (χ0n) is 14.0. The normalized spacial score (nSPS) is 25.7. The van der Waals surface area contributed by atoms with Crippen LogP contribution >= 0.6 is 0 Å². The second kappa shape index (κ2) is 6.99. The van der Waals surface area contributed by atoms with Crippen LogP contribution in [0.3, 0.4) is 0 Å². The number of nitrogens with zero attached hydrogens (tertiary/aromatic N) is 1. The highest BCUT2D eigenvalue weighted by atomic mass is 32.2. The van der Waals surface area contributed by atoms with Gasteiger partial charge in [-0.3, -0.25) is 0 Å². The number of carbonyl (C=O) groups is 1. The molecule has 1 rings (SSSR count). The standard InChI is InChI=1S/C15H30N2O3S/c1-12-13(2)21(19,20)11-10-17(12)14(18)16-9-7-6-8-15(3,4)5/h12-13H,6-11H2,1-5H3,(H,16,18)/t12-,13-/m0/s1. The fourth-order valence-corrected chi connectivity index (χ4v) is 4.10. The van der Waals surface area contributed by atoms with Gasteiger partial charge in [-0.05, 0) is 32.1 Å². The fourth-order valence-electron chi connectivity index (χ4n) is 2.53. The van der Waals surface area contributed by atoms with Crippen molar-refractivity contribution in [1.82, 2.24) is 10.2 Å². The van der Waals surface area contributed by atoms with E-state index in [9.17, 15) is 13.2 Å². The molecular weight excluding hydrogens is 288 g/mol. The lowest BCUT2D eigenvalue weighted by molar-refractivity contribution is 0.178. The van der Waals surface area contributed by atoms with Crippen LogP contribution < -0.4 is 5.32 Å². The van der Waals surface area contributed by atoms with Gasteiger partial charge in [-0.15, -0.1) is 0 Å². The number of unbranched alkanes of at least 4 members (excludes halogenated alkanes) is 1. The van der Waals surface area contributed by atoms with Crippen LogP contribution in [0.25, 0.3) is 0 Å². The van der Waals surface area contributed by atoms with Crippen molar-refractivity contribution in [2.24, 2.45) is 5.41 Å². The van der Waals surface area contributed by atoms with Crippen molar-refractivity contribution >= 4 is 15.9 Å². The molecular formula is C15H30N2O3S. The van der Waals surface area contributed by atoms with Crippen LogP contribution in [0.2, 0.25) is 0 Å². The summed E-state index contributed by atoms with van der Waals surface area (Å²) in [5.74, 6) is 0.0654. The van der Waals surface area contributed by atoms with Crippen LogP contribution in [0, 0.1) is 5.41 Å². The van der Waals surface area contributed by atoms with E-state index >= 15 is 0 Å². The van der Waals surface area contributed by atoms with Crippen LogP contribution in [-0.4, -0.2) is 49.5 Å². The quantitative estimate of drug-likeness (QED) is 0.810. The maximum atomic E-state index is 12.1. The van der Waals surface area contributed by atoms with Gasteiger partial charge in [0.25, 0.3) is 0 Å². The molecule has 0 aliphatic carbocycles. The van der Waals surface area contributed by atoms with Crippen LogP contribution in [0.5, 0.6) is 0 Å². The molecule has 0 radical (unpaired) electrons. The molecule has 1 fully saturated rings. The average Bonchev–Trinajstić information content (AvgIpc) is 2.34. The maximum absolute atomic E-state index is 12.1. The molecule has 1 saturated heterocycles. The Kier molecular flexibility index (Phi) is 6.08. The third-order valence-electron chi connectivity index (χ3n) is 4.24. The van der Waals surface area contributed by atoms with E-state index in [-0.39, 0.29) is 17.8 Å². The van der Waals surface area contributed by atoms with Crippen molar-refractivity contribution in [2.75, 3.05) is 18.8 Å². The second-order valence-electron chi connectivity index (χ2n) is 7.26. The van der Waals surface area contributed by atoms with Crippen LogP contribution in [-0.2, 0) is 9.84 Å². The Morgan fingerprint density at radius 2 is 1.86 bits per heavy atom. The number of rotatable bonds is 4. The third-order valence-corrected chi connectivity index (χ3v) is 6.52. The monoisotopic (exact) mass is 318 g/mol. The van der Waals surface area contributed by atoms with Gasteiger partial charge in [-0.25, -0.2) is 13.2 Å². The Balaban J connectivity index is 2.36. The number of hydrogen-bond donors (Lipinski definition) is 1. The number of carbonyl (C=O) groups excluding carboxylic acids is 1. The summed E-state index contributed by atoms with van der Waals surface area (Å²) in [6, 6.07) is -0.404. The van der Waals surface area contributed by atoms with E-state index in [0.29, 0.717) is 18.5 Å². The van der Waals surface area contributed by atoms with E-state index in [1.807, 2.05) is 0 Å². The van der Waals surface area contributed by atoms with Gasteiger partial charge in [0.1, 0.15) is 0 Å². The molecule has 0 aromatic carbocycles. The summed E-state index contributed by atoms with van der Waals surface area (Å²) in [7, 11) is -3.04. The lowest BCUT2D eigenvalue weighted by Gasteiger charge is -2.37. The molecule has 1 heterocycles. The summed E-state index contributed by atoms with van der Waals surface area (Å²) >= 11 is 0. The highest BCUT2D eigenvalue weighted by Crippen LogP contribution is 2.21. The molecule has 1 aliphatic rings. The number of sulfone groups is 1. The Morgan fingerprint density at radius 3 is 2.43 bits per heavy atom. The summed E-state index contributed by atoms with van der Waals surface area (Å²) in [4.78, 5) is 13.8. The third kappa shape index (κ3) is 5.49. The molecule has 0 aromatic heterocycles. The van der Waals surface area contributed by atoms with Gasteiger partial charge in [-0.2, -0.15) is 0 Å². The number of amides is 2. The molecule has 21 heavy (non-hydrogen) atoms. The molecule has 124 valence electrons. The van der Waals surface area contributed by atoms with Gasteiger partial charge in [-0.1, -0.05) is 27.2 Å². The number of urea groups is 1. The van der Waals surface area contributed by atoms with Crippen molar-refractivity contribution in [2.45, 2.75) is 65.2 Å².